The van der Waals surface area contributed by atoms with Crippen molar-refractivity contribution in [3.8, 4) is 0 Å². The molecule has 0 aromatic rings. The van der Waals surface area contributed by atoms with Gasteiger partial charge in [0.15, 0.2) is 5.41 Å². The average Bonchev–Trinajstić information content (AvgIpc) is 2.83. The Bertz CT molecular complexity index is 313. The van der Waals surface area contributed by atoms with Gasteiger partial charge in [-0.05, 0) is 19.4 Å². The molecule has 2 rings (SSSR count). The molecule has 2 aliphatic rings. The number of alkyl halides is 3. The third-order valence-corrected chi connectivity index (χ3v) is 3.56. The molecular weight excluding hydrogens is 237 g/mol. The van der Waals surface area contributed by atoms with Crippen molar-refractivity contribution in [2.24, 2.45) is 5.41 Å². The summed E-state index contributed by atoms with van der Waals surface area (Å²) in [5.41, 5.74) is -2.29. The van der Waals surface area contributed by atoms with Gasteiger partial charge in [0.05, 0.1) is 6.10 Å². The quantitative estimate of drug-likeness (QED) is 0.697. The van der Waals surface area contributed by atoms with E-state index in [1.807, 2.05) is 0 Å². The third-order valence-electron chi connectivity index (χ3n) is 3.56. The van der Waals surface area contributed by atoms with Gasteiger partial charge in [-0.25, -0.2) is 0 Å². The highest BCUT2D eigenvalue weighted by Crippen LogP contribution is 2.44. The summed E-state index contributed by atoms with van der Waals surface area (Å²) in [6.07, 6.45) is -5.10. The number of nitrogens with zero attached hydrogens (tertiary/aromatic N) is 1. The van der Waals surface area contributed by atoms with E-state index in [2.05, 4.69) is 5.32 Å². The molecule has 1 amide bonds. The largest absolute Gasteiger partial charge is 0.404 e. The number of hydrogen-bond acceptors (Lipinski definition) is 3. The number of carbonyl (C=O) groups excluding carboxylic acids is 1. The first kappa shape index (κ1) is 12.6. The second-order valence-corrected chi connectivity index (χ2v) is 4.70. The summed E-state index contributed by atoms with van der Waals surface area (Å²) >= 11 is 0. The lowest BCUT2D eigenvalue weighted by Gasteiger charge is -2.33. The highest BCUT2D eigenvalue weighted by molar-refractivity contribution is 5.84. The highest BCUT2D eigenvalue weighted by atomic mass is 19.4. The zero-order valence-corrected chi connectivity index (χ0v) is 9.26. The van der Waals surface area contributed by atoms with Crippen molar-refractivity contribution in [1.29, 1.82) is 0 Å². The Morgan fingerprint density at radius 2 is 2.18 bits per heavy atom. The molecule has 0 radical (unpaired) electrons. The molecule has 98 valence electrons. The Balaban J connectivity index is 2.20. The Labute approximate surface area is 96.8 Å². The summed E-state index contributed by atoms with van der Waals surface area (Å²) < 4.78 is 39.2. The van der Waals surface area contributed by atoms with E-state index in [-0.39, 0.29) is 32.6 Å². The molecular formula is C10H15F3N2O2. The minimum absolute atomic E-state index is 0.0106. The van der Waals surface area contributed by atoms with Crippen molar-refractivity contribution in [2.75, 3.05) is 26.2 Å². The molecule has 2 saturated heterocycles. The molecule has 0 spiro atoms. The summed E-state index contributed by atoms with van der Waals surface area (Å²) in [6, 6.07) is 0. The van der Waals surface area contributed by atoms with E-state index in [9.17, 15) is 23.1 Å². The zero-order chi connectivity index (χ0) is 12.7. The first-order valence-corrected chi connectivity index (χ1v) is 5.62. The molecule has 0 bridgehead atoms. The number of aliphatic hydroxyl groups excluding tert-OH is 1. The van der Waals surface area contributed by atoms with Crippen molar-refractivity contribution >= 4 is 5.91 Å². The number of amides is 1. The van der Waals surface area contributed by atoms with E-state index in [0.717, 1.165) is 4.90 Å². The van der Waals surface area contributed by atoms with Crippen LogP contribution in [0.4, 0.5) is 13.2 Å². The minimum Gasteiger partial charge on any atom is -0.391 e. The second-order valence-electron chi connectivity index (χ2n) is 4.70. The van der Waals surface area contributed by atoms with Gasteiger partial charge in [0, 0.05) is 19.6 Å². The zero-order valence-electron chi connectivity index (χ0n) is 9.26. The van der Waals surface area contributed by atoms with Gasteiger partial charge in [-0.3, -0.25) is 4.79 Å². The first-order valence-electron chi connectivity index (χ1n) is 5.62. The Hall–Kier alpha value is -0.820. The third kappa shape index (κ3) is 2.01. The van der Waals surface area contributed by atoms with Gasteiger partial charge < -0.3 is 15.3 Å². The monoisotopic (exact) mass is 252 g/mol. The average molecular weight is 252 g/mol. The van der Waals surface area contributed by atoms with Crippen LogP contribution < -0.4 is 5.32 Å². The number of nitrogens with one attached hydrogen (secondary N) is 1. The second kappa shape index (κ2) is 4.13. The fourth-order valence-corrected chi connectivity index (χ4v) is 2.47. The van der Waals surface area contributed by atoms with Crippen LogP contribution in [0, 0.1) is 5.41 Å². The van der Waals surface area contributed by atoms with Crippen LogP contribution in [0.1, 0.15) is 12.8 Å². The minimum atomic E-state index is -4.54. The van der Waals surface area contributed by atoms with Crippen LogP contribution in [0.15, 0.2) is 0 Å². The van der Waals surface area contributed by atoms with Gasteiger partial charge in [0.25, 0.3) is 0 Å². The van der Waals surface area contributed by atoms with Crippen LogP contribution in [-0.4, -0.2) is 54.4 Å². The predicted octanol–water partition coefficient (Wildman–Crippen LogP) is 0.122. The van der Waals surface area contributed by atoms with Crippen LogP contribution in [-0.2, 0) is 4.79 Å². The van der Waals surface area contributed by atoms with Gasteiger partial charge >= 0.3 is 6.18 Å². The van der Waals surface area contributed by atoms with Gasteiger partial charge in [0.1, 0.15) is 0 Å². The maximum Gasteiger partial charge on any atom is 0.404 e. The number of carbonyl (C=O) groups is 1. The van der Waals surface area contributed by atoms with Gasteiger partial charge in [-0.1, -0.05) is 0 Å². The van der Waals surface area contributed by atoms with E-state index in [1.54, 1.807) is 0 Å². The molecule has 0 aromatic heterocycles. The molecule has 2 fully saturated rings. The molecule has 2 atom stereocenters. The van der Waals surface area contributed by atoms with Crippen molar-refractivity contribution < 1.29 is 23.1 Å². The number of aliphatic hydroxyl groups is 1. The molecule has 0 saturated carbocycles. The lowest BCUT2D eigenvalue weighted by molar-refractivity contribution is -0.221. The molecule has 4 nitrogen and oxygen atoms in total. The highest BCUT2D eigenvalue weighted by Gasteiger charge is 2.62. The first-order chi connectivity index (χ1) is 7.87. The molecule has 7 heteroatoms. The van der Waals surface area contributed by atoms with E-state index in [4.69, 9.17) is 0 Å². The number of β-amino-alcohol motifs (C(OH)–C–C–N with tert-alkyl or cyclic N) is 1. The summed E-state index contributed by atoms with van der Waals surface area (Å²) in [7, 11) is 0. The number of likely N-dealkylation sites (tertiary alicyclic amines) is 1. The Kier molecular flexibility index (Phi) is 3.07. The lowest BCUT2D eigenvalue weighted by atomic mass is 9.84. The lowest BCUT2D eigenvalue weighted by Crippen LogP contribution is -2.53. The van der Waals surface area contributed by atoms with Crippen LogP contribution in [0.5, 0.6) is 0 Å². The predicted molar refractivity (Wildman–Crippen MR) is 53.2 cm³/mol. The van der Waals surface area contributed by atoms with E-state index < -0.39 is 23.6 Å². The van der Waals surface area contributed by atoms with E-state index in [1.165, 1.54) is 0 Å². The Morgan fingerprint density at radius 3 is 2.59 bits per heavy atom. The van der Waals surface area contributed by atoms with E-state index in [0.29, 0.717) is 6.42 Å². The Morgan fingerprint density at radius 1 is 1.47 bits per heavy atom. The molecule has 0 aromatic carbocycles. The maximum absolute atomic E-state index is 13.1. The van der Waals surface area contributed by atoms with E-state index >= 15 is 0 Å². The molecule has 17 heavy (non-hydrogen) atoms. The summed E-state index contributed by atoms with van der Waals surface area (Å²) in [5.74, 6) is -0.897. The fraction of sp³-hybridized carbons (Fsp3) is 0.900. The van der Waals surface area contributed by atoms with Crippen LogP contribution in [0.2, 0.25) is 0 Å². The summed E-state index contributed by atoms with van der Waals surface area (Å²) in [6.45, 7) is 0.0536. The smallest absolute Gasteiger partial charge is 0.391 e. The number of halogens is 3. The SMILES string of the molecule is O=C(N1CCC(O)C1)C1(C(F)(F)F)CCNC1. The number of rotatable bonds is 1. The van der Waals surface area contributed by atoms with Gasteiger partial charge in [-0.15, -0.1) is 0 Å². The van der Waals surface area contributed by atoms with Crippen LogP contribution in [0.25, 0.3) is 0 Å². The van der Waals surface area contributed by atoms with Crippen LogP contribution in [0.3, 0.4) is 0 Å². The van der Waals surface area contributed by atoms with Gasteiger partial charge in [-0.2, -0.15) is 13.2 Å². The summed E-state index contributed by atoms with van der Waals surface area (Å²) in [4.78, 5) is 13.1. The van der Waals surface area contributed by atoms with Crippen molar-refractivity contribution in [2.45, 2.75) is 25.1 Å². The molecule has 2 heterocycles. The van der Waals surface area contributed by atoms with Crippen LogP contribution >= 0.6 is 0 Å². The molecule has 2 aliphatic heterocycles. The van der Waals surface area contributed by atoms with Crippen molar-refractivity contribution in [1.82, 2.24) is 10.2 Å². The molecule has 2 N–H and O–H groups in total. The fourth-order valence-electron chi connectivity index (χ4n) is 2.47. The maximum atomic E-state index is 13.1. The molecule has 2 unspecified atom stereocenters. The normalized spacial score (nSPS) is 34.4. The number of hydrogen-bond donors (Lipinski definition) is 2. The van der Waals surface area contributed by atoms with Gasteiger partial charge in [0.2, 0.25) is 5.91 Å². The molecule has 0 aliphatic carbocycles. The van der Waals surface area contributed by atoms with Crippen molar-refractivity contribution in [3.05, 3.63) is 0 Å². The standard InChI is InChI=1S/C10H15F3N2O2/c11-10(12,13)9(2-3-14-6-9)8(17)15-4-1-7(16)5-15/h7,14,16H,1-6H2. The van der Waals surface area contributed by atoms with Crippen molar-refractivity contribution in [3.63, 3.8) is 0 Å². The summed E-state index contributed by atoms with van der Waals surface area (Å²) in [5, 5.41) is 11.9. The topological polar surface area (TPSA) is 52.6 Å².